The van der Waals surface area contributed by atoms with E-state index in [-0.39, 0.29) is 37.7 Å². The van der Waals surface area contributed by atoms with Gasteiger partial charge in [0.15, 0.2) is 0 Å². The second kappa shape index (κ2) is 12.9. The monoisotopic (exact) mass is 525 g/mol. The lowest BCUT2D eigenvalue weighted by Gasteiger charge is -2.29. The molecule has 0 bridgehead atoms. The third kappa shape index (κ3) is 7.93. The third-order valence-electron chi connectivity index (χ3n) is 5.68. The van der Waals surface area contributed by atoms with E-state index in [1.165, 1.54) is 15.3 Å². The van der Waals surface area contributed by atoms with E-state index >= 15 is 0 Å². The largest absolute Gasteiger partial charge is 0.354 e. The Hall–Kier alpha value is -2.65. The molecule has 0 aliphatic carbocycles. The molecule has 35 heavy (non-hydrogen) atoms. The Kier molecular flexibility index (Phi) is 10.5. The molecule has 192 valence electrons. The van der Waals surface area contributed by atoms with Crippen molar-refractivity contribution in [1.29, 1.82) is 0 Å². The number of sulfonamides is 1. The summed E-state index contributed by atoms with van der Waals surface area (Å²) in [6, 6.07) is 10.3. The zero-order valence-electron chi connectivity index (χ0n) is 20.6. The van der Waals surface area contributed by atoms with Gasteiger partial charge in [-0.15, -0.1) is 0 Å². The maximum atomic E-state index is 14.3. The summed E-state index contributed by atoms with van der Waals surface area (Å²) in [4.78, 5) is 27.1. The molecule has 2 rings (SSSR count). The van der Waals surface area contributed by atoms with Crippen LogP contribution in [0.4, 0.5) is 10.1 Å². The summed E-state index contributed by atoms with van der Waals surface area (Å²) >= 11 is 6.17. The number of carbonyl (C=O) groups is 2. The van der Waals surface area contributed by atoms with Gasteiger partial charge in [0.1, 0.15) is 11.9 Å². The van der Waals surface area contributed by atoms with E-state index in [9.17, 15) is 22.4 Å². The number of benzene rings is 2. The Morgan fingerprint density at radius 2 is 1.83 bits per heavy atom. The first kappa shape index (κ1) is 28.6. The van der Waals surface area contributed by atoms with Crippen molar-refractivity contribution in [3.05, 3.63) is 64.4 Å². The van der Waals surface area contributed by atoms with Crippen LogP contribution in [-0.2, 0) is 26.2 Å². The molecule has 1 atom stereocenters. The van der Waals surface area contributed by atoms with Crippen LogP contribution < -0.4 is 9.62 Å². The highest BCUT2D eigenvalue weighted by Gasteiger charge is 2.27. The average Bonchev–Trinajstić information content (AvgIpc) is 2.80. The minimum Gasteiger partial charge on any atom is -0.354 e. The minimum atomic E-state index is -3.63. The van der Waals surface area contributed by atoms with Crippen LogP contribution >= 0.6 is 11.6 Å². The molecule has 0 heterocycles. The summed E-state index contributed by atoms with van der Waals surface area (Å²) in [5.41, 5.74) is 1.36. The summed E-state index contributed by atoms with van der Waals surface area (Å²) in [6.45, 7) is 5.69. The van der Waals surface area contributed by atoms with Crippen LogP contribution in [0.3, 0.4) is 0 Å². The van der Waals surface area contributed by atoms with Gasteiger partial charge in [0.25, 0.3) is 0 Å². The maximum absolute atomic E-state index is 14.3. The van der Waals surface area contributed by atoms with Crippen LogP contribution in [0.1, 0.15) is 44.2 Å². The molecule has 0 saturated heterocycles. The zero-order valence-corrected chi connectivity index (χ0v) is 22.1. The van der Waals surface area contributed by atoms with Gasteiger partial charge >= 0.3 is 0 Å². The van der Waals surface area contributed by atoms with E-state index in [2.05, 4.69) is 5.32 Å². The van der Waals surface area contributed by atoms with Gasteiger partial charge < -0.3 is 10.2 Å². The lowest BCUT2D eigenvalue weighted by Crippen LogP contribution is -2.48. The van der Waals surface area contributed by atoms with Gasteiger partial charge in [-0.25, -0.2) is 12.8 Å². The molecule has 0 aliphatic rings. The Morgan fingerprint density at radius 3 is 2.46 bits per heavy atom. The first-order valence-corrected chi connectivity index (χ1v) is 13.7. The molecule has 2 aromatic carbocycles. The molecule has 10 heteroatoms. The Labute approximate surface area is 212 Å². The molecule has 0 fully saturated rings. The summed E-state index contributed by atoms with van der Waals surface area (Å²) in [5, 5.41) is 3.21. The first-order chi connectivity index (χ1) is 16.5. The first-order valence-electron chi connectivity index (χ1n) is 11.5. The molecule has 2 aromatic rings. The van der Waals surface area contributed by atoms with Crippen molar-refractivity contribution in [2.45, 2.75) is 52.6 Å². The van der Waals surface area contributed by atoms with E-state index in [1.54, 1.807) is 50.2 Å². The number of nitrogens with one attached hydrogen (secondary N) is 1. The second-order valence-electron chi connectivity index (χ2n) is 8.40. The smallest absolute Gasteiger partial charge is 0.242 e. The summed E-state index contributed by atoms with van der Waals surface area (Å²) in [5.74, 6) is -1.17. The van der Waals surface area contributed by atoms with E-state index in [4.69, 9.17) is 11.6 Å². The normalized spacial score (nSPS) is 12.2. The second-order valence-corrected chi connectivity index (χ2v) is 10.7. The summed E-state index contributed by atoms with van der Waals surface area (Å²) < 4.78 is 40.5. The molecule has 0 aromatic heterocycles. The van der Waals surface area contributed by atoms with Gasteiger partial charge in [0.2, 0.25) is 21.8 Å². The van der Waals surface area contributed by atoms with E-state index in [0.717, 1.165) is 12.7 Å². The predicted octanol–water partition coefficient (Wildman–Crippen LogP) is 4.28. The standard InChI is InChI=1S/C25H33ClFN3O4S/c1-5-15-28-25(32)19(3)29(17-20-10-6-7-12-22(20)27)24(31)14-9-16-30(35(4,33)34)23-13-8-11-21(26)18(23)2/h6-8,10-13,19H,5,9,14-17H2,1-4H3,(H,28,32)/t19-/m1/s1. The van der Waals surface area contributed by atoms with E-state index in [1.807, 2.05) is 6.92 Å². The van der Waals surface area contributed by atoms with Gasteiger partial charge in [-0.2, -0.15) is 0 Å². The van der Waals surface area contributed by atoms with Crippen molar-refractivity contribution < 1.29 is 22.4 Å². The van der Waals surface area contributed by atoms with Gasteiger partial charge in [-0.3, -0.25) is 13.9 Å². The zero-order chi connectivity index (χ0) is 26.2. The number of anilines is 1. The van der Waals surface area contributed by atoms with Crippen molar-refractivity contribution in [2.24, 2.45) is 0 Å². The topological polar surface area (TPSA) is 86.8 Å². The van der Waals surface area contributed by atoms with Crippen LogP contribution in [0.15, 0.2) is 42.5 Å². The lowest BCUT2D eigenvalue weighted by molar-refractivity contribution is -0.140. The molecule has 0 radical (unpaired) electrons. The van der Waals surface area contributed by atoms with E-state index < -0.39 is 21.9 Å². The third-order valence-corrected chi connectivity index (χ3v) is 7.26. The van der Waals surface area contributed by atoms with Crippen LogP contribution in [0.25, 0.3) is 0 Å². The van der Waals surface area contributed by atoms with Crippen LogP contribution in [0, 0.1) is 12.7 Å². The molecule has 0 spiro atoms. The van der Waals surface area contributed by atoms with Gasteiger partial charge in [-0.1, -0.05) is 42.8 Å². The summed E-state index contributed by atoms with van der Waals surface area (Å²) in [7, 11) is -3.63. The highest BCUT2D eigenvalue weighted by atomic mass is 35.5. The quantitative estimate of drug-likeness (QED) is 0.448. The fourth-order valence-corrected chi connectivity index (χ4v) is 4.82. The Morgan fingerprint density at radius 1 is 1.14 bits per heavy atom. The van der Waals surface area contributed by atoms with Gasteiger partial charge in [-0.05, 0) is 50.5 Å². The minimum absolute atomic E-state index is 0.0223. The molecule has 7 nitrogen and oxygen atoms in total. The highest BCUT2D eigenvalue weighted by Crippen LogP contribution is 2.28. The van der Waals surface area contributed by atoms with Crippen LogP contribution in [0.2, 0.25) is 5.02 Å². The molecule has 1 N–H and O–H groups in total. The number of nitrogens with zero attached hydrogens (tertiary/aromatic N) is 2. The van der Waals surface area contributed by atoms with E-state index in [0.29, 0.717) is 28.4 Å². The van der Waals surface area contributed by atoms with Crippen molar-refractivity contribution in [3.8, 4) is 0 Å². The molecule has 0 aliphatic heterocycles. The number of rotatable bonds is 12. The van der Waals surface area contributed by atoms with Gasteiger partial charge in [0.05, 0.1) is 11.9 Å². The van der Waals surface area contributed by atoms with Crippen LogP contribution in [-0.4, -0.2) is 50.5 Å². The maximum Gasteiger partial charge on any atom is 0.242 e. The fraction of sp³-hybridized carbons (Fsp3) is 0.440. The number of carbonyl (C=O) groups excluding carboxylic acids is 2. The summed E-state index contributed by atoms with van der Waals surface area (Å²) in [6.07, 6.45) is 2.02. The van der Waals surface area contributed by atoms with Crippen molar-refractivity contribution in [1.82, 2.24) is 10.2 Å². The van der Waals surface area contributed by atoms with Crippen LogP contribution in [0.5, 0.6) is 0 Å². The highest BCUT2D eigenvalue weighted by molar-refractivity contribution is 7.92. The molecule has 0 saturated carbocycles. The van der Waals surface area contributed by atoms with Crippen molar-refractivity contribution in [3.63, 3.8) is 0 Å². The Bertz CT molecular complexity index is 1140. The number of halogens is 2. The Balaban J connectivity index is 2.20. The molecular weight excluding hydrogens is 493 g/mol. The number of hydrogen-bond acceptors (Lipinski definition) is 4. The van der Waals surface area contributed by atoms with Crippen molar-refractivity contribution >= 4 is 39.1 Å². The lowest BCUT2D eigenvalue weighted by atomic mass is 10.1. The average molecular weight is 526 g/mol. The molecule has 0 unspecified atom stereocenters. The SMILES string of the molecule is CCCNC(=O)[C@@H](C)N(Cc1ccccc1F)C(=O)CCCN(c1cccc(Cl)c1C)S(C)(=O)=O. The molecule has 2 amide bonds. The molecular formula is C25H33ClFN3O4S. The number of amides is 2. The van der Waals surface area contributed by atoms with Crippen molar-refractivity contribution in [2.75, 3.05) is 23.7 Å². The fourth-order valence-electron chi connectivity index (χ4n) is 3.64. The number of hydrogen-bond donors (Lipinski definition) is 1. The predicted molar refractivity (Wildman–Crippen MR) is 137 cm³/mol. The van der Waals surface area contributed by atoms with Gasteiger partial charge in [0, 0.05) is 36.6 Å².